The van der Waals surface area contributed by atoms with E-state index >= 15 is 0 Å². The summed E-state index contributed by atoms with van der Waals surface area (Å²) in [5.74, 6) is -0.790. The van der Waals surface area contributed by atoms with Crippen LogP contribution in [-0.4, -0.2) is 6.54 Å². The van der Waals surface area contributed by atoms with Crippen molar-refractivity contribution >= 4 is 0 Å². The first-order valence-electron chi connectivity index (χ1n) is 4.58. The van der Waals surface area contributed by atoms with Crippen molar-refractivity contribution in [2.45, 2.75) is 18.6 Å². The largest absolute Gasteiger partial charge is 0.416 e. The molecular weight excluding hydrogens is 210 g/mol. The van der Waals surface area contributed by atoms with Gasteiger partial charge in [-0.1, -0.05) is 6.07 Å². The standard InChI is InChI=1S/C10H9F4N/c11-8-5-6(10(12,13)14)1-2-7(8)9-3-4-15-9/h1-2,5,9,15H,3-4H2/t9-/m0/s1. The minimum absolute atomic E-state index is 0.132. The molecule has 0 aromatic heterocycles. The lowest BCUT2D eigenvalue weighted by molar-refractivity contribution is -0.137. The highest BCUT2D eigenvalue weighted by atomic mass is 19.4. The van der Waals surface area contributed by atoms with E-state index in [2.05, 4.69) is 5.32 Å². The number of rotatable bonds is 1. The predicted octanol–water partition coefficient (Wildman–Crippen LogP) is 2.88. The molecule has 1 aromatic rings. The van der Waals surface area contributed by atoms with E-state index in [1.807, 2.05) is 0 Å². The third-order valence-corrected chi connectivity index (χ3v) is 2.53. The van der Waals surface area contributed by atoms with Crippen LogP contribution in [0.2, 0.25) is 0 Å². The normalized spacial score (nSPS) is 21.2. The highest BCUT2D eigenvalue weighted by Gasteiger charge is 2.32. The number of hydrogen-bond donors (Lipinski definition) is 1. The summed E-state index contributed by atoms with van der Waals surface area (Å²) >= 11 is 0. The first kappa shape index (κ1) is 10.4. The molecule has 0 unspecified atom stereocenters. The van der Waals surface area contributed by atoms with Crippen molar-refractivity contribution in [3.05, 3.63) is 35.1 Å². The SMILES string of the molecule is Fc1cc(C(F)(F)F)ccc1[C@@H]1CCN1. The van der Waals surface area contributed by atoms with Crippen LogP contribution in [0.3, 0.4) is 0 Å². The molecule has 0 radical (unpaired) electrons. The van der Waals surface area contributed by atoms with Crippen LogP contribution >= 0.6 is 0 Å². The van der Waals surface area contributed by atoms with E-state index in [0.29, 0.717) is 11.6 Å². The second kappa shape index (κ2) is 3.48. The van der Waals surface area contributed by atoms with Crippen LogP contribution in [0.4, 0.5) is 17.6 Å². The molecule has 1 fully saturated rings. The van der Waals surface area contributed by atoms with Gasteiger partial charge in [0.2, 0.25) is 0 Å². The molecular formula is C10H9F4N. The van der Waals surface area contributed by atoms with Crippen LogP contribution in [0.5, 0.6) is 0 Å². The number of nitrogens with one attached hydrogen (secondary N) is 1. The molecule has 1 aromatic carbocycles. The van der Waals surface area contributed by atoms with E-state index in [4.69, 9.17) is 0 Å². The maximum absolute atomic E-state index is 13.3. The van der Waals surface area contributed by atoms with Gasteiger partial charge < -0.3 is 5.32 Å². The first-order valence-corrected chi connectivity index (χ1v) is 4.58. The zero-order valence-corrected chi connectivity index (χ0v) is 7.74. The Labute approximate surface area is 84.1 Å². The van der Waals surface area contributed by atoms with Gasteiger partial charge in [-0.3, -0.25) is 0 Å². The fraction of sp³-hybridized carbons (Fsp3) is 0.400. The van der Waals surface area contributed by atoms with E-state index in [9.17, 15) is 17.6 Å². The topological polar surface area (TPSA) is 12.0 Å². The summed E-state index contributed by atoms with van der Waals surface area (Å²) < 4.78 is 50.0. The number of hydrogen-bond acceptors (Lipinski definition) is 1. The predicted molar refractivity (Wildman–Crippen MR) is 46.8 cm³/mol. The van der Waals surface area contributed by atoms with Crippen LogP contribution in [0.15, 0.2) is 18.2 Å². The molecule has 0 spiro atoms. The third kappa shape index (κ3) is 1.97. The minimum atomic E-state index is -4.48. The molecule has 0 aliphatic carbocycles. The lowest BCUT2D eigenvalue weighted by Gasteiger charge is -2.28. The Bertz CT molecular complexity index is 368. The molecule has 1 nitrogen and oxygen atoms in total. The van der Waals surface area contributed by atoms with Crippen molar-refractivity contribution in [3.8, 4) is 0 Å². The fourth-order valence-corrected chi connectivity index (χ4v) is 1.54. The van der Waals surface area contributed by atoms with Crippen molar-refractivity contribution in [1.29, 1.82) is 0 Å². The highest BCUT2D eigenvalue weighted by Crippen LogP contribution is 2.32. The quantitative estimate of drug-likeness (QED) is 0.716. The molecule has 0 amide bonds. The Balaban J connectivity index is 2.30. The van der Waals surface area contributed by atoms with Crippen LogP contribution in [0.25, 0.3) is 0 Å². The molecule has 1 aliphatic heterocycles. The summed E-state index contributed by atoms with van der Waals surface area (Å²) in [6.45, 7) is 0.783. The molecule has 0 bridgehead atoms. The molecule has 5 heteroatoms. The maximum Gasteiger partial charge on any atom is 0.416 e. The van der Waals surface area contributed by atoms with Crippen molar-refractivity contribution in [1.82, 2.24) is 5.32 Å². The van der Waals surface area contributed by atoms with Gasteiger partial charge >= 0.3 is 6.18 Å². The van der Waals surface area contributed by atoms with Gasteiger partial charge in [-0.25, -0.2) is 4.39 Å². The molecule has 1 saturated heterocycles. The fourth-order valence-electron chi connectivity index (χ4n) is 1.54. The Kier molecular flexibility index (Phi) is 2.42. The lowest BCUT2D eigenvalue weighted by Crippen LogP contribution is -2.35. The smallest absolute Gasteiger partial charge is 0.310 e. The van der Waals surface area contributed by atoms with Gasteiger partial charge in [0.25, 0.3) is 0 Å². The van der Waals surface area contributed by atoms with Gasteiger partial charge in [-0.15, -0.1) is 0 Å². The Morgan fingerprint density at radius 2 is 1.93 bits per heavy atom. The first-order chi connectivity index (χ1) is 6.98. The van der Waals surface area contributed by atoms with Gasteiger partial charge in [0.1, 0.15) is 5.82 Å². The average Bonchev–Trinajstić information content (AvgIpc) is 2.03. The maximum atomic E-state index is 13.3. The molecule has 15 heavy (non-hydrogen) atoms. The van der Waals surface area contributed by atoms with Crippen LogP contribution in [-0.2, 0) is 6.18 Å². The number of benzene rings is 1. The van der Waals surface area contributed by atoms with Gasteiger partial charge in [0, 0.05) is 11.6 Å². The minimum Gasteiger partial charge on any atom is -0.310 e. The third-order valence-electron chi connectivity index (χ3n) is 2.53. The summed E-state index contributed by atoms with van der Waals surface area (Å²) in [5.41, 5.74) is -0.627. The second-order valence-electron chi connectivity index (χ2n) is 3.53. The average molecular weight is 219 g/mol. The van der Waals surface area contributed by atoms with Crippen molar-refractivity contribution in [2.24, 2.45) is 0 Å². The second-order valence-corrected chi connectivity index (χ2v) is 3.53. The van der Waals surface area contributed by atoms with Crippen molar-refractivity contribution < 1.29 is 17.6 Å². The lowest BCUT2D eigenvalue weighted by atomic mass is 9.96. The van der Waals surface area contributed by atoms with E-state index in [-0.39, 0.29) is 6.04 Å². The highest BCUT2D eigenvalue weighted by molar-refractivity contribution is 5.29. The molecule has 1 atom stereocenters. The Morgan fingerprint density at radius 3 is 2.33 bits per heavy atom. The van der Waals surface area contributed by atoms with Crippen molar-refractivity contribution in [3.63, 3.8) is 0 Å². The van der Waals surface area contributed by atoms with E-state index in [0.717, 1.165) is 19.0 Å². The van der Waals surface area contributed by atoms with Gasteiger partial charge in [-0.2, -0.15) is 13.2 Å². The monoisotopic (exact) mass is 219 g/mol. The Morgan fingerprint density at radius 1 is 1.27 bits per heavy atom. The van der Waals surface area contributed by atoms with Crippen molar-refractivity contribution in [2.75, 3.05) is 6.54 Å². The molecule has 1 heterocycles. The number of alkyl halides is 3. The number of halogens is 4. The molecule has 1 N–H and O–H groups in total. The summed E-state index contributed by atoms with van der Waals surface area (Å²) in [6, 6.07) is 2.54. The van der Waals surface area contributed by atoms with E-state index in [1.165, 1.54) is 6.07 Å². The molecule has 82 valence electrons. The summed E-state index contributed by atoms with van der Waals surface area (Å²) in [5, 5.41) is 2.94. The molecule has 0 saturated carbocycles. The summed E-state index contributed by atoms with van der Waals surface area (Å²) in [6.07, 6.45) is -3.71. The summed E-state index contributed by atoms with van der Waals surface area (Å²) in [7, 11) is 0. The van der Waals surface area contributed by atoms with Crippen LogP contribution < -0.4 is 5.32 Å². The van der Waals surface area contributed by atoms with Gasteiger partial charge in [0.05, 0.1) is 5.56 Å². The van der Waals surface area contributed by atoms with E-state index in [1.54, 1.807) is 0 Å². The molecule has 1 aliphatic rings. The van der Waals surface area contributed by atoms with E-state index < -0.39 is 17.6 Å². The molecule has 2 rings (SSSR count). The van der Waals surface area contributed by atoms with Gasteiger partial charge in [0.15, 0.2) is 0 Å². The van der Waals surface area contributed by atoms with Crippen LogP contribution in [0, 0.1) is 5.82 Å². The zero-order chi connectivity index (χ0) is 11.1. The zero-order valence-electron chi connectivity index (χ0n) is 7.74. The van der Waals surface area contributed by atoms with Gasteiger partial charge in [-0.05, 0) is 25.1 Å². The van der Waals surface area contributed by atoms with Crippen LogP contribution in [0.1, 0.15) is 23.6 Å². The summed E-state index contributed by atoms with van der Waals surface area (Å²) in [4.78, 5) is 0. The Hall–Kier alpha value is -1.10.